The van der Waals surface area contributed by atoms with Crippen LogP contribution in [0.25, 0.3) is 0 Å². The molecule has 1 amide bonds. The molecule has 128 valence electrons. The molecule has 1 aliphatic rings. The molecule has 0 aliphatic heterocycles. The molecule has 4 nitrogen and oxygen atoms in total. The number of nitrogens with zero attached hydrogens (tertiary/aromatic N) is 1. The Hall–Kier alpha value is -1.39. The first-order chi connectivity index (χ1) is 11.1. The number of aliphatic hydroxyl groups excluding tert-OH is 1. The summed E-state index contributed by atoms with van der Waals surface area (Å²) >= 11 is 0. The number of nitrogens with one attached hydrogen (secondary N) is 1. The molecule has 3 unspecified atom stereocenters. The van der Waals surface area contributed by atoms with Crippen LogP contribution < -0.4 is 5.32 Å². The van der Waals surface area contributed by atoms with Gasteiger partial charge in [-0.25, -0.2) is 0 Å². The van der Waals surface area contributed by atoms with Gasteiger partial charge in [0.1, 0.15) is 0 Å². The smallest absolute Gasteiger partial charge is 0.237 e. The molecule has 3 atom stereocenters. The van der Waals surface area contributed by atoms with Crippen LogP contribution in [0.4, 0.5) is 0 Å². The van der Waals surface area contributed by atoms with Gasteiger partial charge in [-0.3, -0.25) is 9.69 Å². The SMILES string of the molecule is CC(C(=O)NCCc1ccccc1)N(C)CC1CCCCC1O. The summed E-state index contributed by atoms with van der Waals surface area (Å²) < 4.78 is 0. The molecule has 1 fully saturated rings. The molecular formula is C19H30N2O2. The fourth-order valence-corrected chi connectivity index (χ4v) is 3.25. The van der Waals surface area contributed by atoms with E-state index >= 15 is 0 Å². The number of rotatable bonds is 7. The summed E-state index contributed by atoms with van der Waals surface area (Å²) in [6.45, 7) is 3.38. The second-order valence-corrected chi connectivity index (χ2v) is 6.75. The van der Waals surface area contributed by atoms with Crippen molar-refractivity contribution in [1.29, 1.82) is 0 Å². The van der Waals surface area contributed by atoms with E-state index in [2.05, 4.69) is 22.3 Å². The second kappa shape index (κ2) is 9.04. The van der Waals surface area contributed by atoms with Gasteiger partial charge in [-0.15, -0.1) is 0 Å². The van der Waals surface area contributed by atoms with Crippen LogP contribution in [0.15, 0.2) is 30.3 Å². The topological polar surface area (TPSA) is 52.6 Å². The van der Waals surface area contributed by atoms with E-state index in [-0.39, 0.29) is 18.1 Å². The van der Waals surface area contributed by atoms with Gasteiger partial charge in [0.15, 0.2) is 0 Å². The minimum absolute atomic E-state index is 0.0636. The van der Waals surface area contributed by atoms with Crippen LogP contribution >= 0.6 is 0 Å². The van der Waals surface area contributed by atoms with Crippen LogP contribution in [-0.4, -0.2) is 48.2 Å². The Labute approximate surface area is 139 Å². The monoisotopic (exact) mass is 318 g/mol. The Kier molecular flexibility index (Phi) is 7.06. The van der Waals surface area contributed by atoms with E-state index in [0.717, 1.165) is 32.2 Å². The number of carbonyl (C=O) groups excluding carboxylic acids is 1. The maximum atomic E-state index is 12.3. The molecule has 1 aromatic carbocycles. The summed E-state index contributed by atoms with van der Waals surface area (Å²) in [5.74, 6) is 0.363. The quantitative estimate of drug-likeness (QED) is 0.810. The third-order valence-corrected chi connectivity index (χ3v) is 4.99. The predicted octanol–water partition coefficient (Wildman–Crippen LogP) is 2.22. The van der Waals surface area contributed by atoms with Crippen LogP contribution in [0.5, 0.6) is 0 Å². The van der Waals surface area contributed by atoms with Gasteiger partial charge in [0, 0.05) is 13.1 Å². The fourth-order valence-electron chi connectivity index (χ4n) is 3.25. The standard InChI is InChI=1S/C19H30N2O2/c1-15(21(2)14-17-10-6-7-11-18(17)22)19(23)20-13-12-16-8-4-3-5-9-16/h3-5,8-9,15,17-18,22H,6-7,10-14H2,1-2H3,(H,20,23). The number of likely N-dealkylation sites (N-methyl/N-ethyl adjacent to an activating group) is 1. The highest BCUT2D eigenvalue weighted by molar-refractivity contribution is 5.81. The lowest BCUT2D eigenvalue weighted by molar-refractivity contribution is -0.125. The van der Waals surface area contributed by atoms with Crippen molar-refractivity contribution in [2.75, 3.05) is 20.1 Å². The molecule has 2 rings (SSSR count). The maximum absolute atomic E-state index is 12.3. The van der Waals surface area contributed by atoms with Crippen molar-refractivity contribution < 1.29 is 9.90 Å². The van der Waals surface area contributed by atoms with Crippen molar-refractivity contribution in [3.63, 3.8) is 0 Å². The fraction of sp³-hybridized carbons (Fsp3) is 0.632. The normalized spacial score (nSPS) is 22.8. The van der Waals surface area contributed by atoms with Crippen molar-refractivity contribution in [3.05, 3.63) is 35.9 Å². The average molecular weight is 318 g/mol. The van der Waals surface area contributed by atoms with Gasteiger partial charge in [0.05, 0.1) is 12.1 Å². The number of hydrogen-bond acceptors (Lipinski definition) is 3. The molecule has 1 aromatic rings. The molecule has 1 saturated carbocycles. The highest BCUT2D eigenvalue weighted by Crippen LogP contribution is 2.25. The molecular weight excluding hydrogens is 288 g/mol. The summed E-state index contributed by atoms with van der Waals surface area (Å²) in [6.07, 6.45) is 4.91. The van der Waals surface area contributed by atoms with Crippen molar-refractivity contribution in [2.24, 2.45) is 5.92 Å². The van der Waals surface area contributed by atoms with Crippen LogP contribution in [-0.2, 0) is 11.2 Å². The van der Waals surface area contributed by atoms with Crippen molar-refractivity contribution >= 4 is 5.91 Å². The maximum Gasteiger partial charge on any atom is 0.237 e. The molecule has 0 aromatic heterocycles. The average Bonchev–Trinajstić information content (AvgIpc) is 2.57. The van der Waals surface area contributed by atoms with Crippen molar-refractivity contribution in [3.8, 4) is 0 Å². The van der Waals surface area contributed by atoms with Crippen LogP contribution in [0.2, 0.25) is 0 Å². The summed E-state index contributed by atoms with van der Waals surface area (Å²) in [4.78, 5) is 14.3. The Morgan fingerprint density at radius 1 is 1.30 bits per heavy atom. The number of amides is 1. The van der Waals surface area contributed by atoms with Crippen LogP contribution in [0.1, 0.15) is 38.2 Å². The molecule has 0 spiro atoms. The third-order valence-electron chi connectivity index (χ3n) is 4.99. The lowest BCUT2D eigenvalue weighted by Crippen LogP contribution is -2.47. The van der Waals surface area contributed by atoms with Gasteiger partial charge in [0.25, 0.3) is 0 Å². The van der Waals surface area contributed by atoms with E-state index in [4.69, 9.17) is 0 Å². The molecule has 2 N–H and O–H groups in total. The van der Waals surface area contributed by atoms with Crippen LogP contribution in [0, 0.1) is 5.92 Å². The van der Waals surface area contributed by atoms with E-state index in [1.165, 1.54) is 12.0 Å². The van der Waals surface area contributed by atoms with Crippen LogP contribution in [0.3, 0.4) is 0 Å². The lowest BCUT2D eigenvalue weighted by Gasteiger charge is -2.33. The summed E-state index contributed by atoms with van der Waals surface area (Å²) in [7, 11) is 1.97. The van der Waals surface area contributed by atoms with Gasteiger partial charge >= 0.3 is 0 Å². The number of aliphatic hydroxyl groups is 1. The highest BCUT2D eigenvalue weighted by atomic mass is 16.3. The van der Waals surface area contributed by atoms with E-state index in [1.807, 2.05) is 32.2 Å². The Morgan fingerprint density at radius 2 is 2.00 bits per heavy atom. The molecule has 1 aliphatic carbocycles. The predicted molar refractivity (Wildman–Crippen MR) is 93.2 cm³/mol. The molecule has 4 heteroatoms. The second-order valence-electron chi connectivity index (χ2n) is 6.75. The number of benzene rings is 1. The lowest BCUT2D eigenvalue weighted by atomic mass is 9.86. The number of carbonyl (C=O) groups is 1. The molecule has 0 saturated heterocycles. The van der Waals surface area contributed by atoms with Gasteiger partial charge in [-0.1, -0.05) is 43.2 Å². The molecule has 0 heterocycles. The summed E-state index contributed by atoms with van der Waals surface area (Å²) in [6, 6.07) is 10.0. The molecule has 0 bridgehead atoms. The first-order valence-corrected chi connectivity index (χ1v) is 8.78. The first kappa shape index (κ1) is 18.0. The van der Waals surface area contributed by atoms with Gasteiger partial charge in [0.2, 0.25) is 5.91 Å². The van der Waals surface area contributed by atoms with Gasteiger partial charge < -0.3 is 10.4 Å². The van der Waals surface area contributed by atoms with Gasteiger partial charge in [-0.05, 0) is 44.7 Å². The summed E-state index contributed by atoms with van der Waals surface area (Å²) in [5, 5.41) is 13.1. The van der Waals surface area contributed by atoms with E-state index in [0.29, 0.717) is 12.5 Å². The largest absolute Gasteiger partial charge is 0.393 e. The minimum Gasteiger partial charge on any atom is -0.393 e. The Bertz CT molecular complexity index is 478. The van der Waals surface area contributed by atoms with E-state index in [9.17, 15) is 9.90 Å². The molecule has 0 radical (unpaired) electrons. The van der Waals surface area contributed by atoms with E-state index < -0.39 is 0 Å². The zero-order chi connectivity index (χ0) is 16.7. The zero-order valence-corrected chi connectivity index (χ0v) is 14.4. The highest BCUT2D eigenvalue weighted by Gasteiger charge is 2.27. The first-order valence-electron chi connectivity index (χ1n) is 8.78. The van der Waals surface area contributed by atoms with Gasteiger partial charge in [-0.2, -0.15) is 0 Å². The Morgan fingerprint density at radius 3 is 2.70 bits per heavy atom. The Balaban J connectivity index is 1.72. The molecule has 23 heavy (non-hydrogen) atoms. The van der Waals surface area contributed by atoms with E-state index in [1.54, 1.807) is 0 Å². The van der Waals surface area contributed by atoms with Crippen molar-refractivity contribution in [1.82, 2.24) is 10.2 Å². The minimum atomic E-state index is -0.209. The number of hydrogen-bond donors (Lipinski definition) is 2. The third kappa shape index (κ3) is 5.63. The summed E-state index contributed by atoms with van der Waals surface area (Å²) in [5.41, 5.74) is 1.24. The zero-order valence-electron chi connectivity index (χ0n) is 14.4. The van der Waals surface area contributed by atoms with Crippen molar-refractivity contribution in [2.45, 2.75) is 51.2 Å².